The van der Waals surface area contributed by atoms with Crippen LogP contribution in [0.4, 0.5) is 4.79 Å². The lowest BCUT2D eigenvalue weighted by atomic mass is 10.0. The van der Waals surface area contributed by atoms with E-state index >= 15 is 0 Å². The molecular formula is C22H31N3O5. The highest BCUT2D eigenvalue weighted by atomic mass is 16.6. The number of nitrogens with one attached hydrogen (secondary N) is 3. The molecular weight excluding hydrogens is 386 g/mol. The molecule has 0 aliphatic carbocycles. The van der Waals surface area contributed by atoms with E-state index in [0.717, 1.165) is 16.5 Å². The molecule has 0 bridgehead atoms. The Morgan fingerprint density at radius 1 is 1.10 bits per heavy atom. The van der Waals surface area contributed by atoms with Crippen molar-refractivity contribution in [3.63, 3.8) is 0 Å². The maximum absolute atomic E-state index is 13.0. The number of rotatable bonds is 7. The van der Waals surface area contributed by atoms with Gasteiger partial charge in [0, 0.05) is 23.5 Å². The minimum absolute atomic E-state index is 0.184. The monoisotopic (exact) mass is 417 g/mol. The number of carbonyl (C=O) groups excluding carboxylic acids is 3. The lowest BCUT2D eigenvalue weighted by Gasteiger charge is -2.26. The van der Waals surface area contributed by atoms with Crippen molar-refractivity contribution in [2.45, 2.75) is 58.7 Å². The number of fused-ring (bicyclic) bond motifs is 1. The first kappa shape index (κ1) is 23.3. The zero-order chi connectivity index (χ0) is 22.5. The zero-order valence-corrected chi connectivity index (χ0v) is 18.4. The van der Waals surface area contributed by atoms with E-state index in [1.165, 1.54) is 7.11 Å². The van der Waals surface area contributed by atoms with Crippen LogP contribution in [-0.2, 0) is 25.5 Å². The number of hydrogen-bond donors (Lipinski definition) is 3. The molecule has 30 heavy (non-hydrogen) atoms. The van der Waals surface area contributed by atoms with Crippen molar-refractivity contribution in [2.75, 3.05) is 7.11 Å². The minimum Gasteiger partial charge on any atom is -0.467 e. The summed E-state index contributed by atoms with van der Waals surface area (Å²) < 4.78 is 10.1. The highest BCUT2D eigenvalue weighted by Gasteiger charge is 2.31. The lowest BCUT2D eigenvalue weighted by molar-refractivity contribution is -0.146. The van der Waals surface area contributed by atoms with Crippen LogP contribution in [0.1, 0.15) is 40.2 Å². The molecule has 1 aromatic carbocycles. The van der Waals surface area contributed by atoms with Crippen molar-refractivity contribution in [3.8, 4) is 0 Å². The third kappa shape index (κ3) is 6.23. The molecule has 2 aromatic rings. The first-order valence-corrected chi connectivity index (χ1v) is 9.94. The fourth-order valence-electron chi connectivity index (χ4n) is 3.06. The Morgan fingerprint density at radius 2 is 1.77 bits per heavy atom. The van der Waals surface area contributed by atoms with Gasteiger partial charge in [-0.25, -0.2) is 9.59 Å². The van der Waals surface area contributed by atoms with Crippen molar-refractivity contribution in [1.29, 1.82) is 0 Å². The molecule has 3 N–H and O–H groups in total. The summed E-state index contributed by atoms with van der Waals surface area (Å²) in [5.74, 6) is -1.21. The van der Waals surface area contributed by atoms with Gasteiger partial charge < -0.3 is 25.1 Å². The third-order valence-corrected chi connectivity index (χ3v) is 4.53. The van der Waals surface area contributed by atoms with E-state index in [1.54, 1.807) is 34.6 Å². The van der Waals surface area contributed by atoms with E-state index in [0.29, 0.717) is 0 Å². The molecule has 0 aliphatic heterocycles. The van der Waals surface area contributed by atoms with Gasteiger partial charge in [0.2, 0.25) is 5.91 Å². The van der Waals surface area contributed by atoms with Gasteiger partial charge in [-0.2, -0.15) is 0 Å². The van der Waals surface area contributed by atoms with Gasteiger partial charge in [-0.15, -0.1) is 0 Å². The molecule has 0 unspecified atom stereocenters. The van der Waals surface area contributed by atoms with E-state index in [2.05, 4.69) is 15.6 Å². The number of H-pyrrole nitrogens is 1. The van der Waals surface area contributed by atoms with Crippen LogP contribution in [0.3, 0.4) is 0 Å². The summed E-state index contributed by atoms with van der Waals surface area (Å²) in [4.78, 5) is 40.6. The SMILES string of the molecule is COC(=O)[C@@H](NC(=O)[C@@H](Cc1c[nH]c2ccccc12)NC(=O)OC(C)(C)C)C(C)C. The predicted octanol–water partition coefficient (Wildman–Crippen LogP) is 2.92. The van der Waals surface area contributed by atoms with Crippen LogP contribution in [0.2, 0.25) is 0 Å². The summed E-state index contributed by atoms with van der Waals surface area (Å²) >= 11 is 0. The van der Waals surface area contributed by atoms with Gasteiger partial charge in [0.25, 0.3) is 0 Å². The quantitative estimate of drug-likeness (QED) is 0.600. The standard InChI is InChI=1S/C22H31N3O5/c1-13(2)18(20(27)29-6)25-19(26)17(24-21(28)30-22(3,4)5)11-14-12-23-16-10-8-7-9-15(14)16/h7-10,12-13,17-18,23H,11H2,1-6H3,(H,24,28)(H,25,26)/t17-,18+/m1/s1. The number of hydrogen-bond acceptors (Lipinski definition) is 5. The number of amides is 2. The largest absolute Gasteiger partial charge is 0.467 e. The summed E-state index contributed by atoms with van der Waals surface area (Å²) in [6.45, 7) is 8.84. The topological polar surface area (TPSA) is 110 Å². The Hall–Kier alpha value is -3.03. The lowest BCUT2D eigenvalue weighted by Crippen LogP contribution is -2.54. The fraction of sp³-hybridized carbons (Fsp3) is 0.500. The number of aromatic amines is 1. The maximum atomic E-state index is 13.0. The van der Waals surface area contributed by atoms with E-state index in [4.69, 9.17) is 9.47 Å². The average molecular weight is 418 g/mol. The van der Waals surface area contributed by atoms with Gasteiger partial charge in [-0.3, -0.25) is 4.79 Å². The summed E-state index contributed by atoms with van der Waals surface area (Å²) in [6, 6.07) is 5.92. The van der Waals surface area contributed by atoms with Crippen molar-refractivity contribution in [1.82, 2.24) is 15.6 Å². The van der Waals surface area contributed by atoms with Gasteiger partial charge >= 0.3 is 12.1 Å². The molecule has 2 rings (SSSR count). The van der Waals surface area contributed by atoms with Gasteiger partial charge in [0.05, 0.1) is 7.11 Å². The number of para-hydroxylation sites is 1. The van der Waals surface area contributed by atoms with Crippen molar-refractivity contribution < 1.29 is 23.9 Å². The number of benzene rings is 1. The van der Waals surface area contributed by atoms with Crippen LogP contribution >= 0.6 is 0 Å². The summed E-state index contributed by atoms with van der Waals surface area (Å²) in [6.07, 6.45) is 1.32. The maximum Gasteiger partial charge on any atom is 0.408 e. The Kier molecular flexibility index (Phi) is 7.48. The molecule has 8 heteroatoms. The smallest absolute Gasteiger partial charge is 0.408 e. The second-order valence-corrected chi connectivity index (χ2v) is 8.52. The first-order chi connectivity index (χ1) is 14.0. The molecule has 0 spiro atoms. The summed E-state index contributed by atoms with van der Waals surface area (Å²) in [7, 11) is 1.27. The molecule has 2 atom stereocenters. The molecule has 0 fully saturated rings. The van der Waals surface area contributed by atoms with Crippen molar-refractivity contribution in [2.24, 2.45) is 5.92 Å². The normalized spacial score (nSPS) is 13.6. The molecule has 8 nitrogen and oxygen atoms in total. The molecule has 2 amide bonds. The van der Waals surface area contributed by atoms with Gasteiger partial charge in [0.1, 0.15) is 17.7 Å². The van der Waals surface area contributed by atoms with Gasteiger partial charge in [0.15, 0.2) is 0 Å². The first-order valence-electron chi connectivity index (χ1n) is 9.94. The van der Waals surface area contributed by atoms with Crippen molar-refractivity contribution >= 4 is 28.9 Å². The fourth-order valence-corrected chi connectivity index (χ4v) is 3.06. The number of esters is 1. The van der Waals surface area contributed by atoms with Crippen LogP contribution < -0.4 is 10.6 Å². The molecule has 164 valence electrons. The van der Waals surface area contributed by atoms with Gasteiger partial charge in [-0.05, 0) is 38.3 Å². The Morgan fingerprint density at radius 3 is 2.37 bits per heavy atom. The minimum atomic E-state index is -0.940. The van der Waals surface area contributed by atoms with Crippen molar-refractivity contribution in [3.05, 3.63) is 36.0 Å². The molecule has 1 aromatic heterocycles. The van der Waals surface area contributed by atoms with E-state index in [-0.39, 0.29) is 12.3 Å². The van der Waals surface area contributed by atoms with E-state index in [1.807, 2.05) is 30.5 Å². The highest BCUT2D eigenvalue weighted by molar-refractivity contribution is 5.91. The zero-order valence-electron chi connectivity index (χ0n) is 18.4. The van der Waals surface area contributed by atoms with Crippen LogP contribution in [0.25, 0.3) is 10.9 Å². The molecule has 0 saturated carbocycles. The van der Waals surface area contributed by atoms with E-state index in [9.17, 15) is 14.4 Å². The third-order valence-electron chi connectivity index (χ3n) is 4.53. The molecule has 0 radical (unpaired) electrons. The Labute approximate surface area is 176 Å². The molecule has 0 saturated heterocycles. The second-order valence-electron chi connectivity index (χ2n) is 8.52. The van der Waals surface area contributed by atoms with Crippen LogP contribution in [0, 0.1) is 5.92 Å². The van der Waals surface area contributed by atoms with Gasteiger partial charge in [-0.1, -0.05) is 32.0 Å². The van der Waals surface area contributed by atoms with Crippen LogP contribution in [0.15, 0.2) is 30.5 Å². The second kappa shape index (κ2) is 9.65. The highest BCUT2D eigenvalue weighted by Crippen LogP contribution is 2.19. The number of alkyl carbamates (subject to hydrolysis) is 1. The average Bonchev–Trinajstić information content (AvgIpc) is 3.06. The van der Waals surface area contributed by atoms with E-state index < -0.39 is 35.7 Å². The predicted molar refractivity (Wildman–Crippen MR) is 114 cm³/mol. The Balaban J connectivity index is 2.26. The Bertz CT molecular complexity index is 898. The summed E-state index contributed by atoms with van der Waals surface area (Å²) in [5, 5.41) is 6.29. The number of methoxy groups -OCH3 is 1. The number of aromatic nitrogens is 1. The molecule has 1 heterocycles. The van der Waals surface area contributed by atoms with Crippen LogP contribution in [-0.4, -0.2) is 47.7 Å². The molecule has 0 aliphatic rings. The summed E-state index contributed by atoms with van der Waals surface area (Å²) in [5.41, 5.74) is 1.08. The van der Waals surface area contributed by atoms with Crippen LogP contribution in [0.5, 0.6) is 0 Å². The number of ether oxygens (including phenoxy) is 2. The number of carbonyl (C=O) groups is 3.